The summed E-state index contributed by atoms with van der Waals surface area (Å²) in [6, 6.07) is 15.5. The maximum Gasteiger partial charge on any atom is 0.277 e. The maximum atomic E-state index is 5.86. The van der Waals surface area contributed by atoms with Crippen LogP contribution < -0.4 is 0 Å². The quantitative estimate of drug-likeness (QED) is 0.564. The number of hydrogen-bond donors (Lipinski definition) is 0. The van der Waals surface area contributed by atoms with Gasteiger partial charge in [-0.3, -0.25) is 0 Å². The van der Waals surface area contributed by atoms with Gasteiger partial charge in [0.05, 0.1) is 0 Å². The van der Waals surface area contributed by atoms with Gasteiger partial charge in [-0.05, 0) is 42.0 Å². The summed E-state index contributed by atoms with van der Waals surface area (Å²) in [5, 5.41) is 9.42. The number of halogens is 2. The first kappa shape index (κ1) is 14.6. The van der Waals surface area contributed by atoms with Crippen LogP contribution in [0, 0.1) is 0 Å². The molecule has 0 N–H and O–H groups in total. The number of aromatic nitrogens is 2. The van der Waals surface area contributed by atoms with Crippen molar-refractivity contribution in [3.05, 3.63) is 63.6 Å². The van der Waals surface area contributed by atoms with Gasteiger partial charge in [-0.25, -0.2) is 0 Å². The van der Waals surface area contributed by atoms with Crippen molar-refractivity contribution in [1.82, 2.24) is 10.2 Å². The monoisotopic (exact) mass is 380 g/mol. The molecule has 3 aromatic rings. The Labute approximate surface area is 139 Å². The molecule has 3 rings (SSSR count). The van der Waals surface area contributed by atoms with Crippen LogP contribution in [0.2, 0.25) is 5.02 Å². The molecule has 3 nitrogen and oxygen atoms in total. The van der Waals surface area contributed by atoms with Gasteiger partial charge in [0.2, 0.25) is 5.89 Å². The molecule has 0 radical (unpaired) electrons. The second kappa shape index (κ2) is 6.64. The Morgan fingerprint density at radius 1 is 1.00 bits per heavy atom. The topological polar surface area (TPSA) is 38.9 Å². The summed E-state index contributed by atoms with van der Waals surface area (Å²) in [7, 11) is 0. The molecule has 0 aliphatic carbocycles. The van der Waals surface area contributed by atoms with Gasteiger partial charge in [-0.15, -0.1) is 10.2 Å². The van der Waals surface area contributed by atoms with Gasteiger partial charge in [-0.1, -0.05) is 51.4 Å². The highest BCUT2D eigenvalue weighted by Gasteiger charge is 2.09. The third-order valence-corrected chi connectivity index (χ3v) is 4.44. The fourth-order valence-electron chi connectivity index (χ4n) is 1.70. The zero-order chi connectivity index (χ0) is 14.7. The Kier molecular flexibility index (Phi) is 4.63. The minimum absolute atomic E-state index is 0.529. The molecule has 0 saturated carbocycles. The van der Waals surface area contributed by atoms with Crippen LogP contribution in [0.4, 0.5) is 0 Å². The largest absolute Gasteiger partial charge is 0.411 e. The molecular formula is C15H10BrClN2OS. The molecule has 0 aliphatic rings. The lowest BCUT2D eigenvalue weighted by molar-refractivity contribution is 0.466. The molecule has 0 fully saturated rings. The number of rotatable bonds is 4. The Hall–Kier alpha value is -1.30. The number of benzene rings is 2. The molecule has 106 valence electrons. The van der Waals surface area contributed by atoms with E-state index < -0.39 is 0 Å². The van der Waals surface area contributed by atoms with E-state index >= 15 is 0 Å². The molecule has 2 aromatic carbocycles. The fraction of sp³-hybridized carbons (Fsp3) is 0.0667. The minimum Gasteiger partial charge on any atom is -0.411 e. The number of thioether (sulfide) groups is 1. The number of nitrogens with zero attached hydrogens (tertiary/aromatic N) is 2. The van der Waals surface area contributed by atoms with E-state index in [1.165, 1.54) is 11.8 Å². The van der Waals surface area contributed by atoms with E-state index in [4.69, 9.17) is 16.0 Å². The van der Waals surface area contributed by atoms with E-state index in [2.05, 4.69) is 26.1 Å². The molecule has 1 heterocycles. The molecule has 0 aliphatic heterocycles. The summed E-state index contributed by atoms with van der Waals surface area (Å²) < 4.78 is 6.67. The Morgan fingerprint density at radius 3 is 2.43 bits per heavy atom. The highest BCUT2D eigenvalue weighted by atomic mass is 79.9. The van der Waals surface area contributed by atoms with Gasteiger partial charge >= 0.3 is 0 Å². The van der Waals surface area contributed by atoms with Crippen molar-refractivity contribution in [3.8, 4) is 11.5 Å². The molecule has 0 bridgehead atoms. The maximum absolute atomic E-state index is 5.86. The molecule has 21 heavy (non-hydrogen) atoms. The van der Waals surface area contributed by atoms with E-state index in [1.54, 1.807) is 0 Å². The van der Waals surface area contributed by atoms with Crippen molar-refractivity contribution in [2.24, 2.45) is 0 Å². The summed E-state index contributed by atoms with van der Waals surface area (Å²) in [5.41, 5.74) is 2.07. The zero-order valence-electron chi connectivity index (χ0n) is 10.8. The van der Waals surface area contributed by atoms with Crippen LogP contribution in [0.25, 0.3) is 11.5 Å². The summed E-state index contributed by atoms with van der Waals surface area (Å²) >= 11 is 10.8. The van der Waals surface area contributed by atoms with Crippen LogP contribution >= 0.6 is 39.3 Å². The predicted molar refractivity (Wildman–Crippen MR) is 88.4 cm³/mol. The van der Waals surface area contributed by atoms with Gasteiger partial charge in [-0.2, -0.15) is 0 Å². The average molecular weight is 382 g/mol. The summed E-state index contributed by atoms with van der Waals surface area (Å²) in [4.78, 5) is 0. The predicted octanol–water partition coefficient (Wildman–Crippen LogP) is 5.44. The lowest BCUT2D eigenvalue weighted by Crippen LogP contribution is -1.79. The van der Waals surface area contributed by atoms with Crippen molar-refractivity contribution in [2.45, 2.75) is 11.0 Å². The van der Waals surface area contributed by atoms with Gasteiger partial charge in [0.25, 0.3) is 5.22 Å². The fourth-order valence-corrected chi connectivity index (χ4v) is 2.81. The molecule has 1 aromatic heterocycles. The highest BCUT2D eigenvalue weighted by Crippen LogP contribution is 2.26. The molecule has 0 spiro atoms. The van der Waals surface area contributed by atoms with Crippen molar-refractivity contribution in [1.29, 1.82) is 0 Å². The standard InChI is InChI=1S/C15H10BrClN2OS/c16-12-5-3-11(4-6-12)14-18-19-15(20-14)21-9-10-1-7-13(17)8-2-10/h1-8H,9H2. The van der Waals surface area contributed by atoms with E-state index in [1.807, 2.05) is 48.5 Å². The third kappa shape index (κ3) is 3.87. The minimum atomic E-state index is 0.529. The van der Waals surface area contributed by atoms with Crippen LogP contribution in [0.5, 0.6) is 0 Å². The Bertz CT molecular complexity index is 728. The normalized spacial score (nSPS) is 10.8. The average Bonchev–Trinajstić information content (AvgIpc) is 2.96. The molecule has 0 amide bonds. The first-order valence-electron chi connectivity index (χ1n) is 6.17. The van der Waals surface area contributed by atoms with Gasteiger partial charge < -0.3 is 4.42 Å². The van der Waals surface area contributed by atoms with Gasteiger partial charge in [0.1, 0.15) is 0 Å². The van der Waals surface area contributed by atoms with Crippen LogP contribution in [-0.2, 0) is 5.75 Å². The van der Waals surface area contributed by atoms with E-state index in [0.717, 1.165) is 26.4 Å². The molecule has 6 heteroatoms. The van der Waals surface area contributed by atoms with Crippen LogP contribution in [0.3, 0.4) is 0 Å². The Balaban J connectivity index is 1.67. The first-order valence-corrected chi connectivity index (χ1v) is 8.33. The third-order valence-electron chi connectivity index (χ3n) is 2.77. The molecule has 0 unspecified atom stereocenters. The smallest absolute Gasteiger partial charge is 0.277 e. The summed E-state index contributed by atoms with van der Waals surface area (Å²) in [5.74, 6) is 1.29. The van der Waals surface area contributed by atoms with Crippen molar-refractivity contribution in [3.63, 3.8) is 0 Å². The van der Waals surface area contributed by atoms with Crippen LogP contribution in [0.1, 0.15) is 5.56 Å². The van der Waals surface area contributed by atoms with Crippen molar-refractivity contribution >= 4 is 39.3 Å². The van der Waals surface area contributed by atoms with E-state index in [0.29, 0.717) is 11.1 Å². The van der Waals surface area contributed by atoms with E-state index in [-0.39, 0.29) is 0 Å². The van der Waals surface area contributed by atoms with E-state index in [9.17, 15) is 0 Å². The number of hydrogen-bond acceptors (Lipinski definition) is 4. The van der Waals surface area contributed by atoms with Crippen LogP contribution in [0.15, 0.2) is 62.6 Å². The second-order valence-electron chi connectivity index (χ2n) is 4.30. The first-order chi connectivity index (χ1) is 10.2. The Morgan fingerprint density at radius 2 is 1.71 bits per heavy atom. The highest BCUT2D eigenvalue weighted by molar-refractivity contribution is 9.10. The van der Waals surface area contributed by atoms with Crippen LogP contribution in [-0.4, -0.2) is 10.2 Å². The summed E-state index contributed by atoms with van der Waals surface area (Å²) in [6.45, 7) is 0. The zero-order valence-corrected chi connectivity index (χ0v) is 14.0. The van der Waals surface area contributed by atoms with Gasteiger partial charge in [0.15, 0.2) is 0 Å². The van der Waals surface area contributed by atoms with Crippen molar-refractivity contribution in [2.75, 3.05) is 0 Å². The molecule has 0 saturated heterocycles. The SMILES string of the molecule is Clc1ccc(CSc2nnc(-c3ccc(Br)cc3)o2)cc1. The lowest BCUT2D eigenvalue weighted by atomic mass is 10.2. The van der Waals surface area contributed by atoms with Gasteiger partial charge in [0, 0.05) is 20.8 Å². The molecular weight excluding hydrogens is 372 g/mol. The second-order valence-corrected chi connectivity index (χ2v) is 6.57. The summed E-state index contributed by atoms with van der Waals surface area (Å²) in [6.07, 6.45) is 0. The van der Waals surface area contributed by atoms with Crippen molar-refractivity contribution < 1.29 is 4.42 Å². The molecule has 0 atom stereocenters. The lowest BCUT2D eigenvalue weighted by Gasteiger charge is -1.98.